The number of rotatable bonds is 2. The Balaban J connectivity index is 2.87. The molecule has 13 heavy (non-hydrogen) atoms. The van der Waals surface area contributed by atoms with Crippen LogP contribution >= 0.6 is 0 Å². The highest BCUT2D eigenvalue weighted by molar-refractivity contribution is 6.13. The summed E-state index contributed by atoms with van der Waals surface area (Å²) < 4.78 is 0. The SMILES string of the molecule is [CH2]C(=O)N(CC)N1C(=O)C=CC1=O. The molecule has 0 unspecified atom stereocenters. The van der Waals surface area contributed by atoms with Crippen LogP contribution in [0.4, 0.5) is 0 Å². The first kappa shape index (κ1) is 9.44. The fourth-order valence-electron chi connectivity index (χ4n) is 1.06. The molecule has 0 atom stereocenters. The Kier molecular flexibility index (Phi) is 2.46. The van der Waals surface area contributed by atoms with Crippen molar-refractivity contribution < 1.29 is 14.4 Å². The lowest BCUT2D eigenvalue weighted by Crippen LogP contribution is -2.48. The topological polar surface area (TPSA) is 57.7 Å². The molecule has 1 aliphatic heterocycles. The van der Waals surface area contributed by atoms with Crippen LogP contribution in [0.3, 0.4) is 0 Å². The van der Waals surface area contributed by atoms with Crippen molar-refractivity contribution >= 4 is 17.7 Å². The Morgan fingerprint density at radius 2 is 1.92 bits per heavy atom. The van der Waals surface area contributed by atoms with E-state index in [0.29, 0.717) is 0 Å². The van der Waals surface area contributed by atoms with Crippen LogP contribution < -0.4 is 0 Å². The largest absolute Gasteiger partial charge is 0.273 e. The predicted molar refractivity (Wildman–Crippen MR) is 43.7 cm³/mol. The van der Waals surface area contributed by atoms with Gasteiger partial charge in [-0.25, -0.2) is 5.01 Å². The van der Waals surface area contributed by atoms with Crippen LogP contribution in [-0.4, -0.2) is 34.3 Å². The molecular weight excluding hydrogens is 172 g/mol. The summed E-state index contributed by atoms with van der Waals surface area (Å²) in [4.78, 5) is 33.1. The van der Waals surface area contributed by atoms with Crippen LogP contribution in [0.15, 0.2) is 12.2 Å². The molecule has 69 valence electrons. The van der Waals surface area contributed by atoms with Gasteiger partial charge in [-0.05, 0) is 6.92 Å². The Morgan fingerprint density at radius 3 is 2.23 bits per heavy atom. The van der Waals surface area contributed by atoms with Crippen LogP contribution in [0.5, 0.6) is 0 Å². The number of amides is 3. The van der Waals surface area contributed by atoms with Gasteiger partial charge < -0.3 is 0 Å². The molecule has 0 fully saturated rings. The van der Waals surface area contributed by atoms with Crippen LogP contribution in [0.1, 0.15) is 6.92 Å². The molecule has 0 aromatic carbocycles. The molecule has 0 saturated carbocycles. The zero-order valence-electron chi connectivity index (χ0n) is 7.19. The summed E-state index contributed by atoms with van der Waals surface area (Å²) in [5.41, 5.74) is 0. The number of hydrogen-bond donors (Lipinski definition) is 0. The third-order valence-electron chi connectivity index (χ3n) is 1.61. The van der Waals surface area contributed by atoms with E-state index in [1.165, 1.54) is 0 Å². The second kappa shape index (κ2) is 3.38. The molecule has 1 heterocycles. The molecule has 5 heteroatoms. The standard InChI is InChI=1S/C8H9N2O3/c1-3-9(6(2)11)10-7(12)4-5-8(10)13/h4-5H,2-3H2,1H3. The average molecular weight is 181 g/mol. The summed E-state index contributed by atoms with van der Waals surface area (Å²) in [6.45, 7) is 5.03. The zero-order valence-corrected chi connectivity index (χ0v) is 7.19. The van der Waals surface area contributed by atoms with Crippen molar-refractivity contribution in [2.24, 2.45) is 0 Å². The third kappa shape index (κ3) is 1.58. The smallest absolute Gasteiger partial charge is 0.272 e. The van der Waals surface area contributed by atoms with Crippen LogP contribution in [0.25, 0.3) is 0 Å². The van der Waals surface area contributed by atoms with Gasteiger partial charge in [0.1, 0.15) is 0 Å². The molecule has 0 bridgehead atoms. The third-order valence-corrected chi connectivity index (χ3v) is 1.61. The first-order chi connectivity index (χ1) is 6.07. The molecule has 1 aliphatic rings. The van der Waals surface area contributed by atoms with Gasteiger partial charge in [-0.1, -0.05) is 0 Å². The quantitative estimate of drug-likeness (QED) is 0.540. The van der Waals surface area contributed by atoms with Gasteiger partial charge in [0, 0.05) is 25.6 Å². The van der Waals surface area contributed by atoms with Gasteiger partial charge in [0.25, 0.3) is 11.8 Å². The molecule has 0 aliphatic carbocycles. The van der Waals surface area contributed by atoms with Crippen molar-refractivity contribution in [2.75, 3.05) is 6.54 Å². The normalized spacial score (nSPS) is 15.4. The van der Waals surface area contributed by atoms with Crippen molar-refractivity contribution in [1.82, 2.24) is 10.0 Å². The minimum Gasteiger partial charge on any atom is -0.273 e. The number of hydrogen-bond acceptors (Lipinski definition) is 3. The van der Waals surface area contributed by atoms with E-state index in [4.69, 9.17) is 0 Å². The molecule has 3 amide bonds. The Labute approximate surface area is 75.6 Å². The summed E-state index contributed by atoms with van der Waals surface area (Å²) in [5.74, 6) is -1.60. The zero-order chi connectivity index (χ0) is 10.0. The summed E-state index contributed by atoms with van der Waals surface area (Å²) in [5, 5.41) is 1.76. The van der Waals surface area contributed by atoms with E-state index in [2.05, 4.69) is 6.92 Å². The van der Waals surface area contributed by atoms with Crippen molar-refractivity contribution in [3.8, 4) is 0 Å². The second-order valence-electron chi connectivity index (χ2n) is 2.43. The first-order valence-electron chi connectivity index (χ1n) is 3.77. The fourth-order valence-corrected chi connectivity index (χ4v) is 1.06. The highest BCUT2D eigenvalue weighted by Crippen LogP contribution is 2.07. The molecule has 0 saturated heterocycles. The van der Waals surface area contributed by atoms with Crippen LogP contribution in [0.2, 0.25) is 0 Å². The fraction of sp³-hybridized carbons (Fsp3) is 0.250. The van der Waals surface area contributed by atoms with Gasteiger partial charge in [0.2, 0.25) is 5.91 Å². The summed E-state index contributed by atoms with van der Waals surface area (Å²) >= 11 is 0. The summed E-state index contributed by atoms with van der Waals surface area (Å²) in [6.07, 6.45) is 2.24. The van der Waals surface area contributed by atoms with E-state index >= 15 is 0 Å². The molecule has 0 N–H and O–H groups in total. The maximum atomic E-state index is 11.1. The molecular formula is C8H9N2O3. The second-order valence-corrected chi connectivity index (χ2v) is 2.43. The van der Waals surface area contributed by atoms with Crippen molar-refractivity contribution in [1.29, 1.82) is 0 Å². The van der Waals surface area contributed by atoms with E-state index in [0.717, 1.165) is 22.2 Å². The Morgan fingerprint density at radius 1 is 1.46 bits per heavy atom. The van der Waals surface area contributed by atoms with E-state index in [-0.39, 0.29) is 6.54 Å². The van der Waals surface area contributed by atoms with E-state index < -0.39 is 17.7 Å². The Hall–Kier alpha value is -1.65. The lowest BCUT2D eigenvalue weighted by Gasteiger charge is -2.27. The van der Waals surface area contributed by atoms with E-state index in [1.54, 1.807) is 6.92 Å². The van der Waals surface area contributed by atoms with Crippen LogP contribution in [-0.2, 0) is 14.4 Å². The minimum atomic E-state index is -0.576. The predicted octanol–water partition coefficient (Wildman–Crippen LogP) is -0.491. The number of carbonyl (C=O) groups is 3. The number of nitrogens with zero attached hydrogens (tertiary/aromatic N) is 2. The molecule has 0 aromatic rings. The van der Waals surface area contributed by atoms with Gasteiger partial charge in [0.05, 0.1) is 0 Å². The van der Waals surface area contributed by atoms with Crippen molar-refractivity contribution in [2.45, 2.75) is 6.92 Å². The minimum absolute atomic E-state index is 0.238. The highest BCUT2D eigenvalue weighted by atomic mass is 16.2. The Bertz CT molecular complexity index is 278. The number of hydrazine groups is 1. The molecule has 1 radical (unpaired) electrons. The first-order valence-corrected chi connectivity index (χ1v) is 3.77. The van der Waals surface area contributed by atoms with Gasteiger partial charge in [-0.15, -0.1) is 0 Å². The molecule has 5 nitrogen and oxygen atoms in total. The molecule has 0 spiro atoms. The van der Waals surface area contributed by atoms with Gasteiger partial charge >= 0.3 is 0 Å². The monoisotopic (exact) mass is 181 g/mol. The molecule has 1 rings (SSSR count). The maximum Gasteiger partial charge on any atom is 0.272 e. The van der Waals surface area contributed by atoms with Gasteiger partial charge in [-0.2, -0.15) is 5.01 Å². The number of carbonyl (C=O) groups excluding carboxylic acids is 3. The average Bonchev–Trinajstić information content (AvgIpc) is 2.36. The molecule has 0 aromatic heterocycles. The van der Waals surface area contributed by atoms with Crippen molar-refractivity contribution in [3.05, 3.63) is 19.1 Å². The lowest BCUT2D eigenvalue weighted by molar-refractivity contribution is -0.164. The highest BCUT2D eigenvalue weighted by Gasteiger charge is 2.30. The lowest BCUT2D eigenvalue weighted by atomic mass is 10.5. The van der Waals surface area contributed by atoms with Gasteiger partial charge in [0.15, 0.2) is 0 Å². The van der Waals surface area contributed by atoms with Gasteiger partial charge in [-0.3, -0.25) is 14.4 Å². The maximum absolute atomic E-state index is 11.1. The van der Waals surface area contributed by atoms with E-state index in [1.807, 2.05) is 0 Å². The summed E-state index contributed by atoms with van der Waals surface area (Å²) in [7, 11) is 0. The van der Waals surface area contributed by atoms with E-state index in [9.17, 15) is 14.4 Å². The van der Waals surface area contributed by atoms with Crippen molar-refractivity contribution in [3.63, 3.8) is 0 Å². The van der Waals surface area contributed by atoms with Crippen LogP contribution in [0, 0.1) is 6.92 Å². The number of imide groups is 1. The summed E-state index contributed by atoms with van der Waals surface area (Å²) in [6, 6.07) is 0.